The van der Waals surface area contributed by atoms with E-state index in [0.29, 0.717) is 4.90 Å². The van der Waals surface area contributed by atoms with Crippen LogP contribution in [0.15, 0.2) is 0 Å². The monoisotopic (exact) mass is 427 g/mol. The number of rotatable bonds is 6. The summed E-state index contributed by atoms with van der Waals surface area (Å²) >= 11 is 0. The lowest BCUT2D eigenvalue weighted by Gasteiger charge is -2.31. The molecular weight excluding hydrogens is 398 g/mol. The summed E-state index contributed by atoms with van der Waals surface area (Å²) in [5, 5.41) is 18.4. The Kier molecular flexibility index (Phi) is 9.93. The van der Waals surface area contributed by atoms with Gasteiger partial charge in [-0.3, -0.25) is 4.79 Å². The maximum atomic E-state index is 12.4. The molecule has 0 aromatic heterocycles. The average molecular weight is 428 g/mol. The van der Waals surface area contributed by atoms with Gasteiger partial charge in [0.05, 0.1) is 5.92 Å². The number of amides is 2. The van der Waals surface area contributed by atoms with Crippen LogP contribution < -0.4 is 11.5 Å². The van der Waals surface area contributed by atoms with Crippen LogP contribution in [0.2, 0.25) is 0 Å². The molecule has 12 heteroatoms. The van der Waals surface area contributed by atoms with Crippen LogP contribution in [0.4, 0.5) is 9.59 Å². The van der Waals surface area contributed by atoms with E-state index < -0.39 is 59.9 Å². The van der Waals surface area contributed by atoms with E-state index in [1.165, 1.54) is 0 Å². The molecule has 1 atom stereocenters. The molecule has 0 saturated carbocycles. The fourth-order valence-electron chi connectivity index (χ4n) is 1.80. The first-order valence-electron chi connectivity index (χ1n) is 8.13. The van der Waals surface area contributed by atoms with Crippen LogP contribution in [-0.2, 0) is 19.1 Å². The van der Waals surface area contributed by atoms with E-state index in [4.69, 9.17) is 26.0 Å². The summed E-state index contributed by atoms with van der Waals surface area (Å²) in [6.45, 7) is 8.61. The predicted molar refractivity (Wildman–Crippen MR) is 101 cm³/mol. The lowest BCUT2D eigenvalue weighted by atomic mass is 9.95. The third-order valence-electron chi connectivity index (χ3n) is 2.96. The van der Waals surface area contributed by atoms with Crippen molar-refractivity contribution in [1.82, 2.24) is 4.90 Å². The number of halogens is 1. The number of hydrogen-bond acceptors (Lipinski definition) is 8. The molecule has 11 nitrogen and oxygen atoms in total. The lowest BCUT2D eigenvalue weighted by molar-refractivity contribution is -0.147. The Hall–Kier alpha value is -2.11. The van der Waals surface area contributed by atoms with Crippen LogP contribution >= 0.6 is 12.4 Å². The highest BCUT2D eigenvalue weighted by atomic mass is 35.5. The number of imide groups is 1. The fourth-order valence-corrected chi connectivity index (χ4v) is 1.80. The molecule has 0 fully saturated rings. The second kappa shape index (κ2) is 9.89. The second-order valence-electron chi connectivity index (χ2n) is 8.16. The third-order valence-corrected chi connectivity index (χ3v) is 2.96. The molecule has 2 amide bonds. The number of carboxylic acid groups (broad SMARTS) is 2. The Balaban J connectivity index is 0. The van der Waals surface area contributed by atoms with Gasteiger partial charge in [0.15, 0.2) is 5.66 Å². The number of nitrogens with zero attached hydrogens (tertiary/aromatic N) is 1. The van der Waals surface area contributed by atoms with Crippen LogP contribution in [0, 0.1) is 5.92 Å². The first kappa shape index (κ1) is 28.1. The van der Waals surface area contributed by atoms with Crippen molar-refractivity contribution in [3.8, 4) is 0 Å². The fraction of sp³-hybridized carbons (Fsp3) is 0.750. The van der Waals surface area contributed by atoms with E-state index in [0.717, 1.165) is 0 Å². The summed E-state index contributed by atoms with van der Waals surface area (Å²) in [6, 6.07) is 0. The Labute approximate surface area is 169 Å². The van der Waals surface area contributed by atoms with Gasteiger partial charge in [-0.05, 0) is 41.5 Å². The Morgan fingerprint density at radius 3 is 1.50 bits per heavy atom. The lowest BCUT2D eigenvalue weighted by Crippen LogP contribution is -2.59. The Morgan fingerprint density at radius 2 is 1.25 bits per heavy atom. The van der Waals surface area contributed by atoms with Crippen LogP contribution in [0.25, 0.3) is 0 Å². The molecule has 0 saturated heterocycles. The number of carboxylic acids is 2. The third kappa shape index (κ3) is 10.3. The van der Waals surface area contributed by atoms with E-state index >= 15 is 0 Å². The maximum Gasteiger partial charge on any atom is 0.419 e. The topological polar surface area (TPSA) is 182 Å². The molecule has 0 bridgehead atoms. The Bertz CT molecular complexity index is 568. The number of carbonyl (C=O) groups is 4. The van der Waals surface area contributed by atoms with E-state index in [1.54, 1.807) is 41.5 Å². The van der Waals surface area contributed by atoms with Gasteiger partial charge in [-0.2, -0.15) is 0 Å². The number of nitrogens with two attached hydrogens (primary N) is 2. The molecule has 6 N–H and O–H groups in total. The second-order valence-corrected chi connectivity index (χ2v) is 8.16. The van der Waals surface area contributed by atoms with Crippen LogP contribution in [0.3, 0.4) is 0 Å². The normalized spacial score (nSPS) is 13.0. The zero-order valence-electron chi connectivity index (χ0n) is 16.8. The quantitative estimate of drug-likeness (QED) is 0.451. The summed E-state index contributed by atoms with van der Waals surface area (Å²) in [5.74, 6) is -4.68. The SMILES string of the molecule is CC(C)(C)OC(=O)N(CC(CC(N)(N)C(=O)O)C(=O)O)C(=O)OC(C)(C)C.Cl. The largest absolute Gasteiger partial charge is 0.481 e. The van der Waals surface area contributed by atoms with Crippen LogP contribution in [-0.4, -0.2) is 62.6 Å². The van der Waals surface area contributed by atoms with Crippen LogP contribution in [0.1, 0.15) is 48.0 Å². The number of ether oxygens (including phenoxy) is 2. The number of hydrogen-bond donors (Lipinski definition) is 4. The summed E-state index contributed by atoms with van der Waals surface area (Å²) < 4.78 is 10.2. The molecule has 28 heavy (non-hydrogen) atoms. The van der Waals surface area contributed by atoms with Gasteiger partial charge in [0.25, 0.3) is 0 Å². The highest BCUT2D eigenvalue weighted by molar-refractivity contribution is 5.89. The highest BCUT2D eigenvalue weighted by Gasteiger charge is 2.40. The van der Waals surface area contributed by atoms with Gasteiger partial charge in [-0.15, -0.1) is 12.4 Å². The van der Waals surface area contributed by atoms with E-state index in [2.05, 4.69) is 0 Å². The van der Waals surface area contributed by atoms with Crippen molar-refractivity contribution in [3.05, 3.63) is 0 Å². The summed E-state index contributed by atoms with van der Waals surface area (Å²) in [4.78, 5) is 47.8. The summed E-state index contributed by atoms with van der Waals surface area (Å²) in [7, 11) is 0. The average Bonchev–Trinajstić information content (AvgIpc) is 2.38. The molecule has 1 unspecified atom stereocenters. The van der Waals surface area contributed by atoms with Gasteiger partial charge in [-0.25, -0.2) is 19.3 Å². The molecule has 0 heterocycles. The van der Waals surface area contributed by atoms with E-state index in [-0.39, 0.29) is 12.4 Å². The molecule has 164 valence electrons. The molecular formula is C16H30ClN3O8. The maximum absolute atomic E-state index is 12.4. The molecule has 0 aromatic rings. The van der Waals surface area contributed by atoms with Crippen molar-refractivity contribution in [1.29, 1.82) is 0 Å². The van der Waals surface area contributed by atoms with E-state index in [9.17, 15) is 24.3 Å². The van der Waals surface area contributed by atoms with Gasteiger partial charge in [0.1, 0.15) is 11.2 Å². The van der Waals surface area contributed by atoms with Crippen molar-refractivity contribution in [3.63, 3.8) is 0 Å². The minimum atomic E-state index is -2.36. The van der Waals surface area contributed by atoms with Gasteiger partial charge in [0, 0.05) is 13.0 Å². The molecule has 0 aliphatic carbocycles. The number of carbonyl (C=O) groups excluding carboxylic acids is 2. The molecule has 0 radical (unpaired) electrons. The van der Waals surface area contributed by atoms with Gasteiger partial charge in [0.2, 0.25) is 0 Å². The Morgan fingerprint density at radius 1 is 0.893 bits per heavy atom. The predicted octanol–water partition coefficient (Wildman–Crippen LogP) is 1.37. The zero-order chi connectivity index (χ0) is 21.8. The molecule has 0 aliphatic rings. The zero-order valence-corrected chi connectivity index (χ0v) is 17.7. The minimum absolute atomic E-state index is 0. The first-order chi connectivity index (χ1) is 11.9. The molecule has 0 aliphatic heterocycles. The summed E-state index contributed by atoms with van der Waals surface area (Å²) in [5.41, 5.74) is 6.48. The smallest absolute Gasteiger partial charge is 0.419 e. The van der Waals surface area contributed by atoms with Crippen molar-refractivity contribution in [2.24, 2.45) is 17.4 Å². The van der Waals surface area contributed by atoms with Gasteiger partial charge in [-0.1, -0.05) is 0 Å². The van der Waals surface area contributed by atoms with Crippen molar-refractivity contribution in [2.45, 2.75) is 64.8 Å². The van der Waals surface area contributed by atoms with Crippen molar-refractivity contribution >= 4 is 36.5 Å². The van der Waals surface area contributed by atoms with Crippen molar-refractivity contribution < 1.29 is 38.9 Å². The summed E-state index contributed by atoms with van der Waals surface area (Å²) in [6.07, 6.45) is -3.02. The number of aliphatic carboxylic acids is 2. The van der Waals surface area contributed by atoms with Gasteiger partial charge < -0.3 is 31.2 Å². The van der Waals surface area contributed by atoms with E-state index in [1.807, 2.05) is 0 Å². The standard InChI is InChI=1S/C16H29N3O8.ClH/c1-14(2,3)26-12(24)19(13(25)27-15(4,5)6)8-9(10(20)21)7-16(17,18)11(22)23;/h9H,7-8,17-18H2,1-6H3,(H,20,21)(H,22,23);1H. The van der Waals surface area contributed by atoms with Gasteiger partial charge >= 0.3 is 24.1 Å². The first-order valence-corrected chi connectivity index (χ1v) is 8.13. The minimum Gasteiger partial charge on any atom is -0.481 e. The molecule has 0 rings (SSSR count). The van der Waals surface area contributed by atoms with Crippen molar-refractivity contribution in [2.75, 3.05) is 6.54 Å². The van der Waals surface area contributed by atoms with Crippen LogP contribution in [0.5, 0.6) is 0 Å². The molecule has 0 aromatic carbocycles. The highest BCUT2D eigenvalue weighted by Crippen LogP contribution is 2.19. The molecule has 0 spiro atoms.